The molecule has 1 unspecified atom stereocenters. The van der Waals surface area contributed by atoms with Crippen LogP contribution in [-0.4, -0.2) is 46.8 Å². The molecule has 0 aliphatic carbocycles. The van der Waals surface area contributed by atoms with Crippen LogP contribution in [0.2, 0.25) is 0 Å². The predicted molar refractivity (Wildman–Crippen MR) is 57.7 cm³/mol. The highest BCUT2D eigenvalue weighted by Crippen LogP contribution is 2.18. The highest BCUT2D eigenvalue weighted by molar-refractivity contribution is 5.79. The largest absolute Gasteiger partial charge is 0.478 e. The van der Waals surface area contributed by atoms with Gasteiger partial charge in [0.2, 0.25) is 0 Å². The first-order chi connectivity index (χ1) is 7.24. The molecule has 15 heavy (non-hydrogen) atoms. The van der Waals surface area contributed by atoms with Gasteiger partial charge in [0.1, 0.15) is 0 Å². The van der Waals surface area contributed by atoms with Gasteiger partial charge in [-0.15, -0.1) is 0 Å². The molecule has 1 heterocycles. The number of hydrogen-bond donors (Lipinski definition) is 2. The molecular formula is C11H19NO3. The lowest BCUT2D eigenvalue weighted by Crippen LogP contribution is -2.40. The second-order valence-electron chi connectivity index (χ2n) is 3.90. The van der Waals surface area contributed by atoms with Crippen LogP contribution in [0.4, 0.5) is 0 Å². The highest BCUT2D eigenvalue weighted by Gasteiger charge is 2.20. The van der Waals surface area contributed by atoms with Gasteiger partial charge in [0.05, 0.1) is 0 Å². The average Bonchev–Trinajstić information content (AvgIpc) is 2.20. The van der Waals surface area contributed by atoms with Crippen molar-refractivity contribution in [3.05, 3.63) is 12.2 Å². The number of carboxylic acids is 1. The molecule has 0 aromatic rings. The van der Waals surface area contributed by atoms with Crippen LogP contribution in [0.5, 0.6) is 0 Å². The summed E-state index contributed by atoms with van der Waals surface area (Å²) in [5, 5.41) is 17.4. The third kappa shape index (κ3) is 4.44. The second kappa shape index (κ2) is 6.58. The summed E-state index contributed by atoms with van der Waals surface area (Å²) in [5.74, 6) is -0.897. The van der Waals surface area contributed by atoms with Crippen molar-refractivity contribution < 1.29 is 15.0 Å². The molecule has 1 aliphatic rings. The first-order valence-corrected chi connectivity index (χ1v) is 5.48. The van der Waals surface area contributed by atoms with Gasteiger partial charge in [-0.2, -0.15) is 0 Å². The van der Waals surface area contributed by atoms with Crippen LogP contribution in [0.3, 0.4) is 0 Å². The van der Waals surface area contributed by atoms with Gasteiger partial charge in [0.15, 0.2) is 0 Å². The zero-order valence-electron chi connectivity index (χ0n) is 8.93. The smallest absolute Gasteiger partial charge is 0.328 e. The third-order valence-electron chi connectivity index (χ3n) is 2.81. The minimum absolute atomic E-state index is 0.212. The molecule has 0 aromatic carbocycles. The van der Waals surface area contributed by atoms with Crippen molar-refractivity contribution in [2.75, 3.05) is 19.7 Å². The number of aliphatic hydroxyl groups excluding tert-OH is 1. The number of nitrogens with zero attached hydrogens (tertiary/aromatic N) is 1. The van der Waals surface area contributed by atoms with Crippen LogP contribution in [-0.2, 0) is 4.79 Å². The van der Waals surface area contributed by atoms with Gasteiger partial charge in [-0.3, -0.25) is 4.90 Å². The second-order valence-corrected chi connectivity index (χ2v) is 3.90. The molecule has 1 fully saturated rings. The Bertz CT molecular complexity index is 226. The van der Waals surface area contributed by atoms with E-state index in [1.54, 1.807) is 6.08 Å². The molecule has 86 valence electrons. The summed E-state index contributed by atoms with van der Waals surface area (Å²) in [6.07, 6.45) is 7.15. The van der Waals surface area contributed by atoms with Crippen molar-refractivity contribution in [1.29, 1.82) is 0 Å². The molecule has 0 radical (unpaired) electrons. The van der Waals surface area contributed by atoms with Crippen LogP contribution in [0.25, 0.3) is 0 Å². The molecule has 0 bridgehead atoms. The van der Waals surface area contributed by atoms with Crippen LogP contribution in [0.15, 0.2) is 12.2 Å². The van der Waals surface area contributed by atoms with Crippen molar-refractivity contribution in [3.63, 3.8) is 0 Å². The first-order valence-electron chi connectivity index (χ1n) is 5.48. The van der Waals surface area contributed by atoms with Gasteiger partial charge < -0.3 is 10.2 Å². The molecule has 1 aliphatic heterocycles. The van der Waals surface area contributed by atoms with E-state index in [2.05, 4.69) is 4.90 Å². The standard InChI is InChI=1S/C11H19NO3/c13-9-6-10-4-1-2-7-12(10)8-3-5-11(14)15/h3,5,10,13H,1-2,4,6-9H2,(H,14,15)/b5-3+. The van der Waals surface area contributed by atoms with E-state index < -0.39 is 5.97 Å². The number of rotatable bonds is 5. The quantitative estimate of drug-likeness (QED) is 0.665. The molecule has 4 nitrogen and oxygen atoms in total. The Labute approximate surface area is 90.2 Å². The zero-order valence-corrected chi connectivity index (χ0v) is 8.93. The summed E-state index contributed by atoms with van der Waals surface area (Å²) in [6.45, 7) is 1.90. The Morgan fingerprint density at radius 2 is 2.27 bits per heavy atom. The van der Waals surface area contributed by atoms with Crippen molar-refractivity contribution >= 4 is 5.97 Å². The van der Waals surface area contributed by atoms with Gasteiger partial charge in [-0.25, -0.2) is 4.79 Å². The molecule has 0 saturated carbocycles. The zero-order chi connectivity index (χ0) is 11.1. The maximum Gasteiger partial charge on any atom is 0.328 e. The highest BCUT2D eigenvalue weighted by atomic mass is 16.4. The molecule has 4 heteroatoms. The summed E-state index contributed by atoms with van der Waals surface area (Å²) in [7, 11) is 0. The monoisotopic (exact) mass is 213 g/mol. The molecule has 0 aromatic heterocycles. The lowest BCUT2D eigenvalue weighted by atomic mass is 10.00. The minimum atomic E-state index is -0.897. The summed E-state index contributed by atoms with van der Waals surface area (Å²) in [6, 6.07) is 0.419. The minimum Gasteiger partial charge on any atom is -0.478 e. The van der Waals surface area contributed by atoms with Gasteiger partial charge >= 0.3 is 5.97 Å². The summed E-state index contributed by atoms with van der Waals surface area (Å²) in [5.41, 5.74) is 0. The fourth-order valence-electron chi connectivity index (χ4n) is 2.07. The van der Waals surface area contributed by atoms with Gasteiger partial charge in [0.25, 0.3) is 0 Å². The summed E-state index contributed by atoms with van der Waals surface area (Å²) < 4.78 is 0. The summed E-state index contributed by atoms with van der Waals surface area (Å²) >= 11 is 0. The van der Waals surface area contributed by atoms with Crippen LogP contribution < -0.4 is 0 Å². The Morgan fingerprint density at radius 3 is 2.93 bits per heavy atom. The van der Waals surface area contributed by atoms with E-state index in [4.69, 9.17) is 10.2 Å². The van der Waals surface area contributed by atoms with Crippen LogP contribution >= 0.6 is 0 Å². The number of aliphatic hydroxyl groups is 1. The van der Waals surface area contributed by atoms with Gasteiger partial charge in [-0.05, 0) is 25.8 Å². The average molecular weight is 213 g/mol. The lowest BCUT2D eigenvalue weighted by molar-refractivity contribution is -0.131. The van der Waals surface area contributed by atoms with Crippen molar-refractivity contribution in [3.8, 4) is 0 Å². The van der Waals surface area contributed by atoms with E-state index in [1.807, 2.05) is 0 Å². The number of likely N-dealkylation sites (tertiary alicyclic amines) is 1. The molecule has 0 amide bonds. The molecule has 2 N–H and O–H groups in total. The maximum absolute atomic E-state index is 10.3. The third-order valence-corrected chi connectivity index (χ3v) is 2.81. The van der Waals surface area contributed by atoms with Crippen molar-refractivity contribution in [1.82, 2.24) is 4.90 Å². The number of carboxylic acid groups (broad SMARTS) is 1. The van der Waals surface area contributed by atoms with Gasteiger partial charge in [0, 0.05) is 25.3 Å². The lowest BCUT2D eigenvalue weighted by Gasteiger charge is -2.34. The Morgan fingerprint density at radius 1 is 1.47 bits per heavy atom. The Kier molecular flexibility index (Phi) is 5.36. The predicted octanol–water partition coefficient (Wildman–Crippen LogP) is 0.864. The van der Waals surface area contributed by atoms with E-state index in [0.717, 1.165) is 19.4 Å². The van der Waals surface area contributed by atoms with E-state index in [-0.39, 0.29) is 6.61 Å². The molecule has 1 saturated heterocycles. The van der Waals surface area contributed by atoms with Crippen molar-refractivity contribution in [2.24, 2.45) is 0 Å². The Balaban J connectivity index is 2.38. The normalized spacial score (nSPS) is 23.4. The van der Waals surface area contributed by atoms with E-state index >= 15 is 0 Å². The van der Waals surface area contributed by atoms with Crippen molar-refractivity contribution in [2.45, 2.75) is 31.7 Å². The Hall–Kier alpha value is -0.870. The first kappa shape index (κ1) is 12.2. The van der Waals surface area contributed by atoms with Gasteiger partial charge in [-0.1, -0.05) is 12.5 Å². The number of aliphatic carboxylic acids is 1. The van der Waals surface area contributed by atoms with Crippen LogP contribution in [0, 0.1) is 0 Å². The maximum atomic E-state index is 10.3. The number of piperidine rings is 1. The summed E-state index contributed by atoms with van der Waals surface area (Å²) in [4.78, 5) is 12.6. The van der Waals surface area contributed by atoms with E-state index in [0.29, 0.717) is 12.6 Å². The topological polar surface area (TPSA) is 60.8 Å². The SMILES string of the molecule is O=C(O)/C=C/CN1CCCCC1CCO. The number of carbonyl (C=O) groups is 1. The number of hydrogen-bond acceptors (Lipinski definition) is 3. The fraction of sp³-hybridized carbons (Fsp3) is 0.727. The fourth-order valence-corrected chi connectivity index (χ4v) is 2.07. The van der Waals surface area contributed by atoms with E-state index in [9.17, 15) is 4.79 Å². The van der Waals surface area contributed by atoms with Crippen LogP contribution in [0.1, 0.15) is 25.7 Å². The molecule has 1 rings (SSSR count). The van der Waals surface area contributed by atoms with E-state index in [1.165, 1.54) is 18.9 Å². The molecule has 1 atom stereocenters. The molecular weight excluding hydrogens is 194 g/mol. The molecule has 0 spiro atoms.